The number of halogens is 1. The number of nitrogens with one attached hydrogen (secondary N) is 1. The molecule has 14 nitrogen and oxygen atoms in total. The number of ether oxygens (including phenoxy) is 2. The van der Waals surface area contributed by atoms with Crippen molar-refractivity contribution in [2.45, 2.75) is 36.9 Å². The van der Waals surface area contributed by atoms with Gasteiger partial charge in [-0.2, -0.15) is 15.2 Å². The van der Waals surface area contributed by atoms with E-state index in [1.165, 1.54) is 6.33 Å². The van der Waals surface area contributed by atoms with Crippen molar-refractivity contribution in [1.82, 2.24) is 40.1 Å². The summed E-state index contributed by atoms with van der Waals surface area (Å²) in [5, 5.41) is 34.3. The summed E-state index contributed by atoms with van der Waals surface area (Å²) in [4.78, 5) is 24.7. The molecule has 0 radical (unpaired) electrons. The molecule has 1 aliphatic heterocycles. The molecule has 3 aromatic heterocycles. The number of aromatic nitrogens is 8. The van der Waals surface area contributed by atoms with Gasteiger partial charge in [0, 0.05) is 12.8 Å². The number of nitrogens with zero attached hydrogens (tertiary/aromatic N) is 7. The van der Waals surface area contributed by atoms with Crippen LogP contribution in [0.15, 0.2) is 36.7 Å². The highest BCUT2D eigenvalue weighted by molar-refractivity contribution is 6.28. The molecule has 5 N–H and O–H groups in total. The Labute approximate surface area is 202 Å². The molecular weight excluding hydrogens is 482 g/mol. The highest BCUT2D eigenvalue weighted by atomic mass is 35.5. The predicted molar refractivity (Wildman–Crippen MR) is 119 cm³/mol. The number of imidazole rings is 1. The van der Waals surface area contributed by atoms with Gasteiger partial charge in [-0.25, -0.2) is 9.78 Å². The van der Waals surface area contributed by atoms with Crippen LogP contribution < -0.4 is 5.73 Å². The van der Waals surface area contributed by atoms with E-state index in [1.807, 2.05) is 6.07 Å². The molecule has 4 atom stereocenters. The number of aliphatic hydroxyl groups is 1. The van der Waals surface area contributed by atoms with Crippen LogP contribution in [0.1, 0.15) is 24.0 Å². The topological polar surface area (TPSA) is 200 Å². The van der Waals surface area contributed by atoms with Crippen LogP contribution >= 0.6 is 11.6 Å². The Morgan fingerprint density at radius 2 is 2.14 bits per heavy atom. The van der Waals surface area contributed by atoms with Gasteiger partial charge in [0.25, 0.3) is 0 Å². The molecule has 0 bridgehead atoms. The average molecular weight is 502 g/mol. The zero-order chi connectivity index (χ0) is 24.6. The summed E-state index contributed by atoms with van der Waals surface area (Å²) >= 11 is 5.93. The van der Waals surface area contributed by atoms with Crippen LogP contribution in [0.2, 0.25) is 5.28 Å². The number of nitrogens with two attached hydrogens (primary N) is 1. The number of carbonyl (C=O) groups is 1. The maximum absolute atomic E-state index is 12.5. The molecule has 4 heterocycles. The fourth-order valence-electron chi connectivity index (χ4n) is 4.03. The zero-order valence-corrected chi connectivity index (χ0v) is 18.8. The zero-order valence-electron chi connectivity index (χ0n) is 18.0. The molecule has 4 aromatic rings. The van der Waals surface area contributed by atoms with E-state index in [4.69, 9.17) is 26.8 Å². The maximum atomic E-state index is 12.5. The van der Waals surface area contributed by atoms with Crippen LogP contribution in [-0.2, 0) is 26.3 Å². The van der Waals surface area contributed by atoms with Gasteiger partial charge in [-0.3, -0.25) is 4.57 Å². The van der Waals surface area contributed by atoms with Gasteiger partial charge in [0.15, 0.2) is 11.5 Å². The second-order valence-corrected chi connectivity index (χ2v) is 8.31. The number of benzene rings is 1. The Morgan fingerprint density at radius 1 is 1.34 bits per heavy atom. The second kappa shape index (κ2) is 9.14. The number of hydrogen-bond acceptors (Lipinski definition) is 11. The molecule has 1 fully saturated rings. The maximum Gasteiger partial charge on any atom is 0.344 e. The molecule has 1 unspecified atom stereocenters. The summed E-state index contributed by atoms with van der Waals surface area (Å²) < 4.78 is 13.5. The summed E-state index contributed by atoms with van der Waals surface area (Å²) in [6.07, 6.45) is -0.956. The molecule has 15 heteroatoms. The van der Waals surface area contributed by atoms with Gasteiger partial charge in [-0.1, -0.05) is 35.5 Å². The smallest absolute Gasteiger partial charge is 0.344 e. The van der Waals surface area contributed by atoms with Gasteiger partial charge >= 0.3 is 5.97 Å². The molecule has 35 heavy (non-hydrogen) atoms. The van der Waals surface area contributed by atoms with Crippen LogP contribution in [0, 0.1) is 0 Å². The minimum Gasteiger partial charge on any atom is -0.479 e. The summed E-state index contributed by atoms with van der Waals surface area (Å²) in [5.74, 6) is -1.35. The van der Waals surface area contributed by atoms with E-state index in [-0.39, 0.29) is 36.4 Å². The minimum absolute atomic E-state index is 0.0533. The van der Waals surface area contributed by atoms with Crippen LogP contribution in [0.25, 0.3) is 11.2 Å². The van der Waals surface area contributed by atoms with Gasteiger partial charge < -0.3 is 25.4 Å². The normalized spacial score (nSPS) is 21.8. The summed E-state index contributed by atoms with van der Waals surface area (Å²) in [6.45, 7) is -0.268. The molecule has 0 aliphatic carbocycles. The number of rotatable bonds is 8. The van der Waals surface area contributed by atoms with E-state index in [0.29, 0.717) is 16.7 Å². The molecular formula is C20H20ClN9O5. The lowest BCUT2D eigenvalue weighted by Crippen LogP contribution is -2.45. The van der Waals surface area contributed by atoms with Crippen molar-refractivity contribution in [2.24, 2.45) is 0 Å². The van der Waals surface area contributed by atoms with Gasteiger partial charge in [0.05, 0.1) is 19.0 Å². The highest BCUT2D eigenvalue weighted by Crippen LogP contribution is 2.34. The van der Waals surface area contributed by atoms with E-state index >= 15 is 0 Å². The molecule has 0 saturated carbocycles. The van der Waals surface area contributed by atoms with Crippen molar-refractivity contribution in [3.8, 4) is 0 Å². The van der Waals surface area contributed by atoms with Crippen LogP contribution in [0.3, 0.4) is 0 Å². The number of aromatic amines is 1. The summed E-state index contributed by atoms with van der Waals surface area (Å²) in [5.41, 5.74) is 5.27. The summed E-state index contributed by atoms with van der Waals surface area (Å²) in [6, 6.07) is 8.91. The molecule has 1 aliphatic rings. The van der Waals surface area contributed by atoms with Gasteiger partial charge in [-0.15, -0.1) is 10.2 Å². The monoisotopic (exact) mass is 501 g/mol. The first-order valence-electron chi connectivity index (χ1n) is 10.5. The van der Waals surface area contributed by atoms with Crippen molar-refractivity contribution in [3.63, 3.8) is 0 Å². The first-order chi connectivity index (χ1) is 16.9. The fourth-order valence-corrected chi connectivity index (χ4v) is 4.20. The molecule has 0 spiro atoms. The number of nitrogen functional groups attached to an aromatic ring is 1. The molecule has 1 aromatic carbocycles. The number of tetrazole rings is 1. The number of anilines is 1. The third-order valence-corrected chi connectivity index (χ3v) is 5.95. The number of aliphatic carboxylic acids is 1. The SMILES string of the molecule is Nc1nc(Cl)nc2c1ncn2[C@H]1C[C@@H](O)[C@@H](COC(Cc2ccccc2)(C(=O)O)c2nn[nH]n2)O1. The first-order valence-corrected chi connectivity index (χ1v) is 10.9. The third-order valence-electron chi connectivity index (χ3n) is 5.78. The van der Waals surface area contributed by atoms with Gasteiger partial charge in [0.2, 0.25) is 16.7 Å². The molecule has 1 saturated heterocycles. The van der Waals surface area contributed by atoms with Crippen molar-refractivity contribution in [2.75, 3.05) is 12.3 Å². The van der Waals surface area contributed by atoms with Crippen LogP contribution in [-0.4, -0.2) is 75.1 Å². The highest BCUT2D eigenvalue weighted by Gasteiger charge is 2.48. The predicted octanol–water partition coefficient (Wildman–Crippen LogP) is 0.463. The Kier molecular flexibility index (Phi) is 6.02. The molecule has 182 valence electrons. The standard InChI is InChI=1S/C20H20ClN9O5/c21-19-24-15(22)14-16(25-19)30(9-23-14)13-6-11(31)12(35-13)8-34-20(18(32)33,17-26-28-29-27-17)7-10-4-2-1-3-5-10/h1-5,9,11-13,31H,6-8H2,(H,32,33)(H2,22,24,25)(H,26,27,28,29)/t11-,12-,13-,20?/m1/s1. The van der Waals surface area contributed by atoms with E-state index in [2.05, 4.69) is 35.6 Å². The van der Waals surface area contributed by atoms with E-state index in [9.17, 15) is 15.0 Å². The van der Waals surface area contributed by atoms with Gasteiger partial charge in [0.1, 0.15) is 17.8 Å². The van der Waals surface area contributed by atoms with Crippen molar-refractivity contribution >= 4 is 34.6 Å². The van der Waals surface area contributed by atoms with Crippen molar-refractivity contribution in [1.29, 1.82) is 0 Å². The first kappa shape index (κ1) is 23.0. The number of hydrogen-bond donors (Lipinski definition) is 4. The number of aliphatic hydroxyl groups excluding tert-OH is 1. The molecule has 5 rings (SSSR count). The largest absolute Gasteiger partial charge is 0.479 e. The fraction of sp³-hybridized carbons (Fsp3) is 0.350. The lowest BCUT2D eigenvalue weighted by atomic mass is 9.93. The number of fused-ring (bicyclic) bond motifs is 1. The average Bonchev–Trinajstić information content (AvgIpc) is 3.57. The van der Waals surface area contributed by atoms with Crippen LogP contribution in [0.4, 0.5) is 5.82 Å². The lowest BCUT2D eigenvalue weighted by Gasteiger charge is -2.28. The van der Waals surface area contributed by atoms with Crippen molar-refractivity contribution < 1.29 is 24.5 Å². The Bertz CT molecular complexity index is 1340. The van der Waals surface area contributed by atoms with E-state index in [0.717, 1.165) is 0 Å². The number of H-pyrrole nitrogens is 1. The minimum atomic E-state index is -1.97. The Hall–Kier alpha value is -3.72. The van der Waals surface area contributed by atoms with E-state index < -0.39 is 30.0 Å². The lowest BCUT2D eigenvalue weighted by molar-refractivity contribution is -0.177. The van der Waals surface area contributed by atoms with Crippen LogP contribution in [0.5, 0.6) is 0 Å². The Balaban J connectivity index is 1.38. The number of carboxylic acids is 1. The quantitative estimate of drug-likeness (QED) is 0.243. The third kappa shape index (κ3) is 4.27. The Morgan fingerprint density at radius 3 is 2.86 bits per heavy atom. The summed E-state index contributed by atoms with van der Waals surface area (Å²) in [7, 11) is 0. The number of carboxylic acid groups (broad SMARTS) is 1. The second-order valence-electron chi connectivity index (χ2n) is 7.98. The van der Waals surface area contributed by atoms with Crippen molar-refractivity contribution in [3.05, 3.63) is 53.3 Å². The van der Waals surface area contributed by atoms with E-state index in [1.54, 1.807) is 28.8 Å². The molecule has 0 amide bonds. The van der Waals surface area contributed by atoms with Gasteiger partial charge in [-0.05, 0) is 17.2 Å².